The van der Waals surface area contributed by atoms with Gasteiger partial charge in [-0.2, -0.15) is 0 Å². The van der Waals surface area contributed by atoms with Crippen LogP contribution in [0.5, 0.6) is 0 Å². The van der Waals surface area contributed by atoms with Crippen LogP contribution in [0.15, 0.2) is 60.8 Å². The summed E-state index contributed by atoms with van der Waals surface area (Å²) in [5, 5.41) is 8.05. The molecule has 6 heteroatoms. The molecule has 1 aliphatic carbocycles. The van der Waals surface area contributed by atoms with Gasteiger partial charge in [-0.1, -0.05) is 41.9 Å². The fraction of sp³-hybridized carbons (Fsp3) is 0.407. The van der Waals surface area contributed by atoms with Crippen molar-refractivity contribution in [2.45, 2.75) is 50.6 Å². The molecule has 2 heterocycles. The smallest absolute Gasteiger partial charge is 0.319 e. The number of fused-ring (bicyclic) bond motifs is 1. The second-order valence-corrected chi connectivity index (χ2v) is 9.87. The first-order valence-corrected chi connectivity index (χ1v) is 12.4. The van der Waals surface area contributed by atoms with Crippen molar-refractivity contribution >= 4 is 34.2 Å². The highest BCUT2D eigenvalue weighted by molar-refractivity contribution is 6.30. The van der Waals surface area contributed by atoms with Crippen molar-refractivity contribution in [1.82, 2.24) is 15.2 Å². The second kappa shape index (κ2) is 10.1. The Bertz CT molecular complexity index is 1090. The zero-order valence-corrected chi connectivity index (χ0v) is 19.6. The average molecular weight is 463 g/mol. The van der Waals surface area contributed by atoms with Crippen molar-refractivity contribution in [3.8, 4) is 0 Å². The van der Waals surface area contributed by atoms with E-state index in [1.165, 1.54) is 18.4 Å². The molecule has 172 valence electrons. The monoisotopic (exact) mass is 462 g/mol. The van der Waals surface area contributed by atoms with Crippen LogP contribution in [0.1, 0.15) is 37.7 Å². The summed E-state index contributed by atoms with van der Waals surface area (Å²) in [4.78, 5) is 19.8. The molecular formula is C27H31ClN4O. The molecule has 0 spiro atoms. The van der Waals surface area contributed by atoms with Crippen LogP contribution < -0.4 is 10.6 Å². The van der Waals surface area contributed by atoms with Gasteiger partial charge in [0.15, 0.2) is 0 Å². The number of likely N-dealkylation sites (tertiary alicyclic amines) is 1. The predicted molar refractivity (Wildman–Crippen MR) is 135 cm³/mol. The number of hydrogen-bond donors (Lipinski definition) is 2. The van der Waals surface area contributed by atoms with E-state index in [0.29, 0.717) is 6.04 Å². The molecule has 0 unspecified atom stereocenters. The lowest BCUT2D eigenvalue weighted by Gasteiger charge is -2.38. The Morgan fingerprint density at radius 2 is 1.82 bits per heavy atom. The highest BCUT2D eigenvalue weighted by atomic mass is 35.5. The molecule has 2 amide bonds. The quantitative estimate of drug-likeness (QED) is 0.497. The molecular weight excluding hydrogens is 432 g/mol. The van der Waals surface area contributed by atoms with Crippen LogP contribution in [-0.2, 0) is 6.42 Å². The summed E-state index contributed by atoms with van der Waals surface area (Å²) in [6.07, 6.45) is 8.63. The lowest BCUT2D eigenvalue weighted by atomic mass is 9.89. The molecule has 1 saturated heterocycles. The lowest BCUT2D eigenvalue weighted by Crippen LogP contribution is -2.52. The van der Waals surface area contributed by atoms with Gasteiger partial charge in [-0.15, -0.1) is 0 Å². The van der Waals surface area contributed by atoms with E-state index in [1.807, 2.05) is 42.5 Å². The average Bonchev–Trinajstić information content (AvgIpc) is 3.29. The SMILES string of the molecule is O=C(Nc1cnc2ccccc2c1)N[C@@H]1CCC[C@H]1N1CCC(Cc2ccc(Cl)cc2)CC1. The van der Waals surface area contributed by atoms with E-state index in [2.05, 4.69) is 32.7 Å². The molecule has 2 N–H and O–H groups in total. The zero-order chi connectivity index (χ0) is 22.6. The number of para-hydroxylation sites is 1. The Balaban J connectivity index is 1.13. The Morgan fingerprint density at radius 3 is 2.64 bits per heavy atom. The number of piperidine rings is 1. The molecule has 1 saturated carbocycles. The largest absolute Gasteiger partial charge is 0.334 e. The number of amides is 2. The number of nitrogens with zero attached hydrogens (tertiary/aromatic N) is 2. The summed E-state index contributed by atoms with van der Waals surface area (Å²) in [6.45, 7) is 2.22. The molecule has 0 radical (unpaired) electrons. The number of pyridine rings is 1. The van der Waals surface area contributed by atoms with Gasteiger partial charge in [0.25, 0.3) is 0 Å². The van der Waals surface area contributed by atoms with Crippen molar-refractivity contribution in [2.75, 3.05) is 18.4 Å². The first-order valence-electron chi connectivity index (χ1n) is 12.0. The van der Waals surface area contributed by atoms with Gasteiger partial charge >= 0.3 is 6.03 Å². The predicted octanol–water partition coefficient (Wildman–Crippen LogP) is 5.89. The van der Waals surface area contributed by atoms with Gasteiger partial charge < -0.3 is 10.6 Å². The third kappa shape index (κ3) is 5.48. The highest BCUT2D eigenvalue weighted by Crippen LogP contribution is 2.30. The summed E-state index contributed by atoms with van der Waals surface area (Å²) >= 11 is 6.02. The van der Waals surface area contributed by atoms with Crippen LogP contribution in [0, 0.1) is 5.92 Å². The van der Waals surface area contributed by atoms with Crippen LogP contribution in [0.4, 0.5) is 10.5 Å². The van der Waals surface area contributed by atoms with E-state index in [-0.39, 0.29) is 12.1 Å². The van der Waals surface area contributed by atoms with Gasteiger partial charge in [-0.3, -0.25) is 9.88 Å². The molecule has 3 aromatic rings. The number of nitrogens with one attached hydrogen (secondary N) is 2. The van der Waals surface area contributed by atoms with Crippen LogP contribution >= 0.6 is 11.6 Å². The summed E-state index contributed by atoms with van der Waals surface area (Å²) in [6, 6.07) is 18.7. The number of carbonyl (C=O) groups is 1. The number of anilines is 1. The maximum absolute atomic E-state index is 12.7. The van der Waals surface area contributed by atoms with E-state index in [4.69, 9.17) is 11.6 Å². The lowest BCUT2D eigenvalue weighted by molar-refractivity contribution is 0.119. The minimum absolute atomic E-state index is 0.137. The first kappa shape index (κ1) is 22.2. The van der Waals surface area contributed by atoms with Gasteiger partial charge in [0.1, 0.15) is 0 Å². The number of aromatic nitrogens is 1. The molecule has 5 nitrogen and oxygen atoms in total. The fourth-order valence-corrected chi connectivity index (χ4v) is 5.59. The van der Waals surface area contributed by atoms with Crippen molar-refractivity contribution in [3.05, 3.63) is 71.4 Å². The topological polar surface area (TPSA) is 57.3 Å². The van der Waals surface area contributed by atoms with Crippen LogP contribution in [0.3, 0.4) is 0 Å². The van der Waals surface area contributed by atoms with Gasteiger partial charge in [-0.05, 0) is 87.4 Å². The minimum atomic E-state index is -0.137. The number of urea groups is 1. The van der Waals surface area contributed by atoms with Crippen molar-refractivity contribution in [2.24, 2.45) is 5.92 Å². The van der Waals surface area contributed by atoms with Gasteiger partial charge in [-0.25, -0.2) is 4.79 Å². The number of carbonyl (C=O) groups excluding carboxylic acids is 1. The first-order chi connectivity index (χ1) is 16.1. The normalized spacial score (nSPS) is 21.8. The summed E-state index contributed by atoms with van der Waals surface area (Å²) in [5.41, 5.74) is 3.03. The van der Waals surface area contributed by atoms with Gasteiger partial charge in [0.05, 0.1) is 17.4 Å². The molecule has 0 bridgehead atoms. The van der Waals surface area contributed by atoms with Crippen molar-refractivity contribution < 1.29 is 4.79 Å². The van der Waals surface area contributed by atoms with E-state index in [0.717, 1.165) is 66.3 Å². The summed E-state index contributed by atoms with van der Waals surface area (Å²) < 4.78 is 0. The fourth-order valence-electron chi connectivity index (χ4n) is 5.46. The maximum atomic E-state index is 12.7. The Labute approximate surface area is 200 Å². The third-order valence-corrected chi connectivity index (χ3v) is 7.45. The molecule has 2 fully saturated rings. The molecule has 2 aliphatic rings. The Kier molecular flexibility index (Phi) is 6.79. The van der Waals surface area contributed by atoms with E-state index < -0.39 is 0 Å². The highest BCUT2D eigenvalue weighted by Gasteiger charge is 2.35. The van der Waals surface area contributed by atoms with E-state index in [1.54, 1.807) is 6.20 Å². The van der Waals surface area contributed by atoms with Gasteiger partial charge in [0.2, 0.25) is 0 Å². The van der Waals surface area contributed by atoms with Crippen molar-refractivity contribution in [3.63, 3.8) is 0 Å². The molecule has 33 heavy (non-hydrogen) atoms. The molecule has 2 aromatic carbocycles. The van der Waals surface area contributed by atoms with E-state index in [9.17, 15) is 4.79 Å². The third-order valence-electron chi connectivity index (χ3n) is 7.20. The summed E-state index contributed by atoms with van der Waals surface area (Å²) in [7, 11) is 0. The Morgan fingerprint density at radius 1 is 1.03 bits per heavy atom. The van der Waals surface area contributed by atoms with Crippen LogP contribution in [0.25, 0.3) is 10.9 Å². The molecule has 1 aliphatic heterocycles. The van der Waals surface area contributed by atoms with Crippen molar-refractivity contribution in [1.29, 1.82) is 0 Å². The number of hydrogen-bond acceptors (Lipinski definition) is 3. The zero-order valence-electron chi connectivity index (χ0n) is 18.8. The van der Waals surface area contributed by atoms with Crippen LogP contribution in [-0.4, -0.2) is 41.1 Å². The van der Waals surface area contributed by atoms with E-state index >= 15 is 0 Å². The van der Waals surface area contributed by atoms with Crippen LogP contribution in [0.2, 0.25) is 5.02 Å². The maximum Gasteiger partial charge on any atom is 0.319 e. The summed E-state index contributed by atoms with van der Waals surface area (Å²) in [5.74, 6) is 0.721. The second-order valence-electron chi connectivity index (χ2n) is 9.43. The standard InChI is InChI=1S/C27H31ClN4O/c28-22-10-8-19(9-11-22)16-20-12-14-32(15-13-20)26-7-3-6-25(26)31-27(33)30-23-17-21-4-1-2-5-24(21)29-18-23/h1-2,4-5,8-11,17-18,20,25-26H,3,6-7,12-16H2,(H2,30,31,33)/t25-,26-/m1/s1. The number of rotatable bonds is 5. The van der Waals surface area contributed by atoms with Gasteiger partial charge in [0, 0.05) is 22.5 Å². The Hall–Kier alpha value is -2.63. The molecule has 2 atom stereocenters. The molecule has 1 aromatic heterocycles. The molecule has 5 rings (SSSR count). The number of halogens is 1. The number of benzene rings is 2. The minimum Gasteiger partial charge on any atom is -0.334 e.